The molecule has 0 bridgehead atoms. The van der Waals surface area contributed by atoms with Crippen LogP contribution in [0, 0.1) is 12.8 Å². The van der Waals surface area contributed by atoms with E-state index in [4.69, 9.17) is 21.1 Å². The molecular formula is C16H20ClNO4. The molecule has 5 nitrogen and oxygen atoms in total. The Morgan fingerprint density at radius 3 is 2.86 bits per heavy atom. The lowest BCUT2D eigenvalue weighted by Gasteiger charge is -2.31. The van der Waals surface area contributed by atoms with Crippen LogP contribution in [0.4, 0.5) is 0 Å². The van der Waals surface area contributed by atoms with Crippen molar-refractivity contribution in [3.8, 4) is 5.75 Å². The van der Waals surface area contributed by atoms with Crippen molar-refractivity contribution in [2.45, 2.75) is 19.8 Å². The number of aryl methyl sites for hydroxylation is 1. The smallest absolute Gasteiger partial charge is 0.310 e. The number of ether oxygens (including phenoxy) is 2. The van der Waals surface area contributed by atoms with E-state index in [0.717, 1.165) is 18.4 Å². The number of likely N-dealkylation sites (tertiary alicyclic amines) is 1. The number of piperidine rings is 1. The number of hydrogen-bond donors (Lipinski definition) is 0. The number of hydrogen-bond acceptors (Lipinski definition) is 4. The standard InChI is InChI=1S/C16H20ClNO4/c1-11-8-13(5-6-14(11)17)22-10-15(19)18-7-3-4-12(9-18)16(20)21-2/h5-6,8,12H,3-4,7,9-10H2,1-2H3. The minimum absolute atomic E-state index is 0.0467. The van der Waals surface area contributed by atoms with Gasteiger partial charge in [-0.3, -0.25) is 9.59 Å². The normalized spacial score (nSPS) is 18.0. The van der Waals surface area contributed by atoms with Crippen LogP contribution in [0.15, 0.2) is 18.2 Å². The van der Waals surface area contributed by atoms with Crippen LogP contribution in [0.2, 0.25) is 5.02 Å². The summed E-state index contributed by atoms with van der Waals surface area (Å²) in [6.07, 6.45) is 1.55. The summed E-state index contributed by atoms with van der Waals surface area (Å²) in [6, 6.07) is 5.27. The lowest BCUT2D eigenvalue weighted by molar-refractivity contribution is -0.149. The summed E-state index contributed by atoms with van der Waals surface area (Å²) in [5.41, 5.74) is 0.898. The summed E-state index contributed by atoms with van der Waals surface area (Å²) in [6.45, 7) is 2.88. The number of carbonyl (C=O) groups is 2. The van der Waals surface area contributed by atoms with E-state index >= 15 is 0 Å². The summed E-state index contributed by atoms with van der Waals surface area (Å²) in [5, 5.41) is 0.663. The largest absolute Gasteiger partial charge is 0.484 e. The molecule has 2 rings (SSSR count). The van der Waals surface area contributed by atoms with E-state index in [0.29, 0.717) is 23.9 Å². The Balaban J connectivity index is 1.88. The molecule has 120 valence electrons. The van der Waals surface area contributed by atoms with Gasteiger partial charge in [0, 0.05) is 18.1 Å². The molecule has 1 aliphatic heterocycles. The van der Waals surface area contributed by atoms with Gasteiger partial charge in [-0.25, -0.2) is 0 Å². The number of amides is 1. The average molecular weight is 326 g/mol. The first kappa shape index (κ1) is 16.6. The number of halogens is 1. The molecule has 0 saturated carbocycles. The lowest BCUT2D eigenvalue weighted by Crippen LogP contribution is -2.44. The van der Waals surface area contributed by atoms with Crippen LogP contribution in [-0.4, -0.2) is 43.6 Å². The Bertz CT molecular complexity index is 561. The summed E-state index contributed by atoms with van der Waals surface area (Å²) in [5.74, 6) is -0.00907. The second kappa shape index (κ2) is 7.49. The first-order valence-corrected chi connectivity index (χ1v) is 7.63. The molecule has 22 heavy (non-hydrogen) atoms. The third-order valence-electron chi connectivity index (χ3n) is 3.80. The fourth-order valence-electron chi connectivity index (χ4n) is 2.51. The maximum Gasteiger partial charge on any atom is 0.310 e. The van der Waals surface area contributed by atoms with Gasteiger partial charge in [0.25, 0.3) is 5.91 Å². The molecule has 1 aromatic carbocycles. The monoisotopic (exact) mass is 325 g/mol. The van der Waals surface area contributed by atoms with Crippen LogP contribution in [0.3, 0.4) is 0 Å². The van der Waals surface area contributed by atoms with Crippen molar-refractivity contribution in [1.29, 1.82) is 0 Å². The number of esters is 1. The van der Waals surface area contributed by atoms with E-state index < -0.39 is 0 Å². The van der Waals surface area contributed by atoms with Crippen molar-refractivity contribution >= 4 is 23.5 Å². The summed E-state index contributed by atoms with van der Waals surface area (Å²) in [4.78, 5) is 25.4. The number of carbonyl (C=O) groups excluding carboxylic acids is 2. The third-order valence-corrected chi connectivity index (χ3v) is 4.22. The van der Waals surface area contributed by atoms with Crippen molar-refractivity contribution in [3.05, 3.63) is 28.8 Å². The number of benzene rings is 1. The quantitative estimate of drug-likeness (QED) is 0.798. The van der Waals surface area contributed by atoms with E-state index in [1.807, 2.05) is 6.92 Å². The Kier molecular flexibility index (Phi) is 5.66. The zero-order chi connectivity index (χ0) is 16.1. The van der Waals surface area contributed by atoms with E-state index in [9.17, 15) is 9.59 Å². The minimum Gasteiger partial charge on any atom is -0.484 e. The number of nitrogens with zero attached hydrogens (tertiary/aromatic N) is 1. The van der Waals surface area contributed by atoms with Gasteiger partial charge in [0.05, 0.1) is 13.0 Å². The predicted octanol–water partition coefficient (Wildman–Crippen LogP) is 2.44. The van der Waals surface area contributed by atoms with Crippen molar-refractivity contribution < 1.29 is 19.1 Å². The van der Waals surface area contributed by atoms with Gasteiger partial charge < -0.3 is 14.4 Å². The molecule has 1 heterocycles. The summed E-state index contributed by atoms with van der Waals surface area (Å²) >= 11 is 5.95. The molecule has 1 fully saturated rings. The van der Waals surface area contributed by atoms with Crippen LogP contribution in [-0.2, 0) is 14.3 Å². The highest BCUT2D eigenvalue weighted by Gasteiger charge is 2.29. The molecule has 1 unspecified atom stereocenters. The van der Waals surface area contributed by atoms with Gasteiger partial charge in [0.1, 0.15) is 5.75 Å². The van der Waals surface area contributed by atoms with Crippen LogP contribution in [0.1, 0.15) is 18.4 Å². The maximum atomic E-state index is 12.2. The highest BCUT2D eigenvalue weighted by molar-refractivity contribution is 6.31. The molecule has 0 aliphatic carbocycles. The van der Waals surface area contributed by atoms with Crippen LogP contribution in [0.25, 0.3) is 0 Å². The zero-order valence-corrected chi connectivity index (χ0v) is 13.6. The van der Waals surface area contributed by atoms with Crippen LogP contribution < -0.4 is 4.74 Å². The molecule has 0 spiro atoms. The highest BCUT2D eigenvalue weighted by atomic mass is 35.5. The molecule has 6 heteroatoms. The first-order valence-electron chi connectivity index (χ1n) is 7.26. The van der Waals surface area contributed by atoms with Gasteiger partial charge in [-0.15, -0.1) is 0 Å². The van der Waals surface area contributed by atoms with Gasteiger partial charge in [0.2, 0.25) is 0 Å². The Hall–Kier alpha value is -1.75. The minimum atomic E-state index is -0.258. The lowest BCUT2D eigenvalue weighted by atomic mass is 9.98. The zero-order valence-electron chi connectivity index (χ0n) is 12.8. The number of methoxy groups -OCH3 is 1. The maximum absolute atomic E-state index is 12.2. The van der Waals surface area contributed by atoms with Crippen molar-refractivity contribution in [1.82, 2.24) is 4.90 Å². The van der Waals surface area contributed by atoms with E-state index in [2.05, 4.69) is 0 Å². The molecule has 0 aromatic heterocycles. The molecule has 1 amide bonds. The second-order valence-electron chi connectivity index (χ2n) is 5.40. The molecule has 0 N–H and O–H groups in total. The number of rotatable bonds is 4. The fourth-order valence-corrected chi connectivity index (χ4v) is 2.62. The van der Waals surface area contributed by atoms with E-state index in [-0.39, 0.29) is 24.4 Å². The summed E-state index contributed by atoms with van der Waals surface area (Å²) in [7, 11) is 1.37. The van der Waals surface area contributed by atoms with Gasteiger partial charge in [-0.2, -0.15) is 0 Å². The van der Waals surface area contributed by atoms with E-state index in [1.54, 1.807) is 23.1 Å². The van der Waals surface area contributed by atoms with Gasteiger partial charge in [-0.05, 0) is 43.5 Å². The average Bonchev–Trinajstić information content (AvgIpc) is 2.55. The van der Waals surface area contributed by atoms with Crippen molar-refractivity contribution in [2.24, 2.45) is 5.92 Å². The molecule has 1 aliphatic rings. The van der Waals surface area contributed by atoms with E-state index in [1.165, 1.54) is 7.11 Å². The summed E-state index contributed by atoms with van der Waals surface area (Å²) < 4.78 is 10.3. The molecule has 0 radical (unpaired) electrons. The molecular weight excluding hydrogens is 306 g/mol. The molecule has 1 aromatic rings. The van der Waals surface area contributed by atoms with Crippen molar-refractivity contribution in [3.63, 3.8) is 0 Å². The predicted molar refractivity (Wildman–Crippen MR) is 83.0 cm³/mol. The fraction of sp³-hybridized carbons (Fsp3) is 0.500. The Morgan fingerprint density at radius 1 is 1.41 bits per heavy atom. The van der Waals surface area contributed by atoms with Crippen LogP contribution in [0.5, 0.6) is 5.75 Å². The molecule has 1 atom stereocenters. The molecule has 1 saturated heterocycles. The van der Waals surface area contributed by atoms with Gasteiger partial charge >= 0.3 is 5.97 Å². The van der Waals surface area contributed by atoms with Crippen molar-refractivity contribution in [2.75, 3.05) is 26.8 Å². The SMILES string of the molecule is COC(=O)C1CCCN(C(=O)COc2ccc(Cl)c(C)c2)C1. The van der Waals surface area contributed by atoms with Gasteiger partial charge in [0.15, 0.2) is 6.61 Å². The second-order valence-corrected chi connectivity index (χ2v) is 5.81. The van der Waals surface area contributed by atoms with Crippen LogP contribution >= 0.6 is 11.6 Å². The topological polar surface area (TPSA) is 55.8 Å². The Labute approximate surface area is 135 Å². The Morgan fingerprint density at radius 2 is 2.18 bits per heavy atom. The van der Waals surface area contributed by atoms with Gasteiger partial charge in [-0.1, -0.05) is 11.6 Å². The third kappa shape index (κ3) is 4.13. The highest BCUT2D eigenvalue weighted by Crippen LogP contribution is 2.22. The first-order chi connectivity index (χ1) is 10.5.